The molecule has 0 amide bonds. The van der Waals surface area contributed by atoms with Crippen molar-refractivity contribution in [1.82, 2.24) is 4.98 Å². The number of nitrogens with zero attached hydrogens (tertiary/aromatic N) is 1. The summed E-state index contributed by atoms with van der Waals surface area (Å²) in [4.78, 5) is 4.52. The summed E-state index contributed by atoms with van der Waals surface area (Å²) in [5.74, 6) is 0. The van der Waals surface area contributed by atoms with E-state index in [4.69, 9.17) is 0 Å². The van der Waals surface area contributed by atoms with Gasteiger partial charge in [-0.25, -0.2) is 28.8 Å². The first-order valence-electron chi connectivity index (χ1n) is 9.89. The van der Waals surface area contributed by atoms with Gasteiger partial charge in [0.25, 0.3) is 0 Å². The van der Waals surface area contributed by atoms with Gasteiger partial charge in [-0.1, -0.05) is 54.6 Å². The van der Waals surface area contributed by atoms with Gasteiger partial charge in [-0.15, -0.1) is 35.0 Å². The number of fused-ring (bicyclic) bond motifs is 2. The minimum Gasteiger partial charge on any atom is -0.304 e. The van der Waals surface area contributed by atoms with Gasteiger partial charge in [-0.3, -0.25) is 0 Å². The van der Waals surface area contributed by atoms with Gasteiger partial charge in [0.15, 0.2) is 0 Å². The molecule has 0 aliphatic carbocycles. The second-order valence-electron chi connectivity index (χ2n) is 7.10. The molecule has 152 valence electrons. The van der Waals surface area contributed by atoms with E-state index in [1.54, 1.807) is 0 Å². The maximum Gasteiger partial charge on any atom is 0.0239 e. The normalized spacial score (nSPS) is 11.4. The first-order valence-corrected chi connectivity index (χ1v) is 9.89. The molecule has 0 saturated carbocycles. The summed E-state index contributed by atoms with van der Waals surface area (Å²) >= 11 is 0. The van der Waals surface area contributed by atoms with Crippen LogP contribution in [0.5, 0.6) is 0 Å². The molecule has 0 aliphatic rings. The fourth-order valence-electron chi connectivity index (χ4n) is 3.45. The van der Waals surface area contributed by atoms with Crippen LogP contribution in [0.25, 0.3) is 33.7 Å². The Morgan fingerprint density at radius 1 is 0.645 bits per heavy atom. The fourth-order valence-corrected chi connectivity index (χ4v) is 3.45. The summed E-state index contributed by atoms with van der Waals surface area (Å²) in [5, 5.41) is 4.70. The van der Waals surface area contributed by atoms with Crippen molar-refractivity contribution in [3.8, 4) is 0 Å². The molecule has 1 nitrogen and oxygen atoms in total. The summed E-state index contributed by atoms with van der Waals surface area (Å²) in [7, 11) is 0. The quantitative estimate of drug-likeness (QED) is 0.153. The van der Waals surface area contributed by atoms with Crippen molar-refractivity contribution in [2.24, 2.45) is 0 Å². The molecule has 31 heavy (non-hydrogen) atoms. The molecule has 4 aromatic carbocycles. The SMILES string of the molecule is [C-](=Cc1[c-]cc2ccccc2c1)c1ccccc1[C-]=Cc1cc2ccccc2cn1.[Pd]. The van der Waals surface area contributed by atoms with Gasteiger partial charge in [0.05, 0.1) is 0 Å². The Kier molecular flexibility index (Phi) is 6.53. The zero-order valence-electron chi connectivity index (χ0n) is 16.7. The molecular formula is C29H18NPd-3. The van der Waals surface area contributed by atoms with Crippen LogP contribution in [-0.4, -0.2) is 4.98 Å². The Morgan fingerprint density at radius 2 is 1.23 bits per heavy atom. The Balaban J connectivity index is 0.00000231. The van der Waals surface area contributed by atoms with Gasteiger partial charge < -0.3 is 4.98 Å². The van der Waals surface area contributed by atoms with E-state index in [9.17, 15) is 0 Å². The van der Waals surface area contributed by atoms with E-state index < -0.39 is 0 Å². The number of hydrogen-bond acceptors (Lipinski definition) is 1. The van der Waals surface area contributed by atoms with Crippen molar-refractivity contribution in [2.45, 2.75) is 0 Å². The van der Waals surface area contributed by atoms with Gasteiger partial charge in [0.2, 0.25) is 0 Å². The summed E-state index contributed by atoms with van der Waals surface area (Å²) < 4.78 is 0. The van der Waals surface area contributed by atoms with Gasteiger partial charge in [-0.2, -0.15) is 30.3 Å². The third kappa shape index (κ3) is 4.89. The maximum atomic E-state index is 4.52. The molecule has 0 atom stereocenters. The van der Waals surface area contributed by atoms with Crippen LogP contribution in [0.15, 0.2) is 97.2 Å². The number of benzene rings is 4. The predicted molar refractivity (Wildman–Crippen MR) is 125 cm³/mol. The van der Waals surface area contributed by atoms with E-state index in [1.807, 2.05) is 66.9 Å². The smallest absolute Gasteiger partial charge is 0.0239 e. The Labute approximate surface area is 196 Å². The van der Waals surface area contributed by atoms with Crippen LogP contribution in [0.1, 0.15) is 22.4 Å². The van der Waals surface area contributed by atoms with Crippen molar-refractivity contribution < 1.29 is 20.4 Å². The van der Waals surface area contributed by atoms with E-state index in [0.717, 1.165) is 27.8 Å². The molecule has 0 saturated heterocycles. The second kappa shape index (κ2) is 9.67. The van der Waals surface area contributed by atoms with Crippen LogP contribution in [0.3, 0.4) is 0 Å². The van der Waals surface area contributed by atoms with Crippen molar-refractivity contribution in [1.29, 1.82) is 0 Å². The molecule has 5 aromatic rings. The number of aromatic nitrogens is 1. The van der Waals surface area contributed by atoms with Gasteiger partial charge in [0.1, 0.15) is 0 Å². The van der Waals surface area contributed by atoms with E-state index in [1.165, 1.54) is 16.2 Å². The average molecular weight is 487 g/mol. The molecule has 0 fully saturated rings. The molecule has 1 heterocycles. The fraction of sp³-hybridized carbons (Fsp3) is 0. The van der Waals surface area contributed by atoms with Crippen molar-refractivity contribution >= 4 is 33.7 Å². The van der Waals surface area contributed by atoms with Crippen LogP contribution in [-0.2, 0) is 20.4 Å². The zero-order chi connectivity index (χ0) is 20.2. The summed E-state index contributed by atoms with van der Waals surface area (Å²) in [5.41, 5.74) is 3.85. The second-order valence-corrected chi connectivity index (χ2v) is 7.10. The van der Waals surface area contributed by atoms with Crippen molar-refractivity contribution in [3.63, 3.8) is 0 Å². The first kappa shape index (κ1) is 20.9. The third-order valence-electron chi connectivity index (χ3n) is 5.04. The number of pyridine rings is 1. The van der Waals surface area contributed by atoms with E-state index in [2.05, 4.69) is 65.7 Å². The molecule has 2 heteroatoms. The Hall–Kier alpha value is -3.31. The van der Waals surface area contributed by atoms with Crippen molar-refractivity contribution in [3.05, 3.63) is 138 Å². The maximum absolute atomic E-state index is 4.52. The number of rotatable bonds is 4. The molecule has 0 unspecified atom stereocenters. The minimum absolute atomic E-state index is 0. The van der Waals surface area contributed by atoms with Crippen LogP contribution < -0.4 is 0 Å². The van der Waals surface area contributed by atoms with Gasteiger partial charge in [0, 0.05) is 26.6 Å². The molecule has 0 aliphatic heterocycles. The van der Waals surface area contributed by atoms with Gasteiger partial charge >= 0.3 is 0 Å². The standard InChI is InChI=1S/C29H18N.Pd/c1-2-8-24(17-18-29-20-27-11-5-6-12-28(27)21-30-29)23(7-1)15-13-22-14-16-25-9-3-4-10-26(25)19-22;/h1-13,16,18-21H;/q-3;. The molecule has 0 radical (unpaired) electrons. The Bertz CT molecular complexity index is 1290. The molecule has 0 bridgehead atoms. The zero-order valence-corrected chi connectivity index (χ0v) is 18.2. The summed E-state index contributed by atoms with van der Waals surface area (Å²) in [6, 6.07) is 34.2. The van der Waals surface area contributed by atoms with Crippen LogP contribution >= 0.6 is 0 Å². The Morgan fingerprint density at radius 3 is 1.97 bits per heavy atom. The van der Waals surface area contributed by atoms with Crippen LogP contribution in [0, 0.1) is 18.2 Å². The topological polar surface area (TPSA) is 12.9 Å². The van der Waals surface area contributed by atoms with E-state index in [-0.39, 0.29) is 20.4 Å². The average Bonchev–Trinajstić information content (AvgIpc) is 2.81. The molecular weight excluding hydrogens is 469 g/mol. The van der Waals surface area contributed by atoms with Gasteiger partial charge in [-0.05, 0) is 16.5 Å². The summed E-state index contributed by atoms with van der Waals surface area (Å²) in [6.45, 7) is 0. The number of hydrogen-bond donors (Lipinski definition) is 0. The molecule has 0 spiro atoms. The van der Waals surface area contributed by atoms with Crippen molar-refractivity contribution in [2.75, 3.05) is 0 Å². The van der Waals surface area contributed by atoms with E-state index >= 15 is 0 Å². The summed E-state index contributed by atoms with van der Waals surface area (Å²) in [6.07, 6.45) is 12.6. The molecule has 0 N–H and O–H groups in total. The monoisotopic (exact) mass is 486 g/mol. The van der Waals surface area contributed by atoms with E-state index in [0.29, 0.717) is 0 Å². The first-order chi connectivity index (χ1) is 14.8. The predicted octanol–water partition coefficient (Wildman–Crippen LogP) is 6.92. The minimum atomic E-state index is 0. The van der Waals surface area contributed by atoms with Crippen LogP contribution in [0.4, 0.5) is 0 Å². The molecule has 1 aromatic heterocycles. The third-order valence-corrected chi connectivity index (χ3v) is 5.04. The molecule has 5 rings (SSSR count). The largest absolute Gasteiger partial charge is 0.304 e. The van der Waals surface area contributed by atoms with Crippen LogP contribution in [0.2, 0.25) is 0 Å².